The smallest absolute Gasteiger partial charge is 0.418 e. The number of rotatable bonds is 1. The molecular weight excluding hydrogens is 257 g/mol. The summed E-state index contributed by atoms with van der Waals surface area (Å²) in [6, 6.07) is 2.87. The predicted molar refractivity (Wildman–Crippen MR) is 65.6 cm³/mol. The number of alkyl halides is 3. The molecule has 2 unspecified atom stereocenters. The summed E-state index contributed by atoms with van der Waals surface area (Å²) in [4.78, 5) is 0. The van der Waals surface area contributed by atoms with Crippen LogP contribution in [0.15, 0.2) is 12.1 Å². The molecule has 0 aromatic heterocycles. The molecule has 0 radical (unpaired) electrons. The maximum Gasteiger partial charge on any atom is 0.418 e. The van der Waals surface area contributed by atoms with Crippen LogP contribution in [0.2, 0.25) is 0 Å². The van der Waals surface area contributed by atoms with Crippen LogP contribution in [-0.4, -0.2) is 26.2 Å². The lowest BCUT2D eigenvalue weighted by Crippen LogP contribution is -2.38. The number of halogens is 3. The highest BCUT2D eigenvalue weighted by molar-refractivity contribution is 5.68. The molecular formula is C13H15F3N2O. The van der Waals surface area contributed by atoms with Gasteiger partial charge in [0.1, 0.15) is 5.75 Å². The van der Waals surface area contributed by atoms with Crippen LogP contribution >= 0.6 is 0 Å². The Bertz CT molecular complexity index is 501. The molecule has 2 atom stereocenters. The van der Waals surface area contributed by atoms with Crippen LogP contribution in [-0.2, 0) is 6.18 Å². The molecule has 0 amide bonds. The molecule has 0 spiro atoms. The quantitative estimate of drug-likeness (QED) is 0.824. The minimum absolute atomic E-state index is 0.0833. The first-order chi connectivity index (χ1) is 9.00. The van der Waals surface area contributed by atoms with Gasteiger partial charge in [0.15, 0.2) is 0 Å². The van der Waals surface area contributed by atoms with Crippen molar-refractivity contribution in [1.82, 2.24) is 5.32 Å². The summed E-state index contributed by atoms with van der Waals surface area (Å²) in [5.74, 6) is 0.346. The molecule has 2 aliphatic heterocycles. The minimum atomic E-state index is -4.37. The minimum Gasteiger partial charge on any atom is -0.497 e. The van der Waals surface area contributed by atoms with Gasteiger partial charge in [0, 0.05) is 18.5 Å². The number of fused-ring (bicyclic) bond motifs is 3. The Morgan fingerprint density at radius 3 is 2.79 bits per heavy atom. The Labute approximate surface area is 109 Å². The van der Waals surface area contributed by atoms with E-state index in [0.29, 0.717) is 12.1 Å². The fraction of sp³-hybridized carbons (Fsp3) is 0.538. The van der Waals surface area contributed by atoms with Crippen molar-refractivity contribution in [3.63, 3.8) is 0 Å². The third kappa shape index (κ3) is 2.04. The highest BCUT2D eigenvalue weighted by Gasteiger charge is 2.42. The molecule has 0 bridgehead atoms. The van der Waals surface area contributed by atoms with Crippen LogP contribution in [0.1, 0.15) is 23.5 Å². The second-order valence-corrected chi connectivity index (χ2v) is 4.99. The summed E-state index contributed by atoms with van der Waals surface area (Å²) in [5, 5.41) is 6.28. The molecule has 2 aliphatic rings. The molecule has 6 heteroatoms. The Morgan fingerprint density at radius 1 is 1.32 bits per heavy atom. The standard InChI is InChI=1S/C13H15F3N2O/c1-19-7-4-8-9-6-17-3-2-11(9)18-12(8)10(5-7)13(14,15)16/h4-5,9,11,17-18H,2-3,6H2,1H3. The van der Waals surface area contributed by atoms with E-state index in [2.05, 4.69) is 10.6 Å². The zero-order valence-corrected chi connectivity index (χ0v) is 10.5. The van der Waals surface area contributed by atoms with Crippen LogP contribution in [0.4, 0.5) is 18.9 Å². The Morgan fingerprint density at radius 2 is 2.11 bits per heavy atom. The number of methoxy groups -OCH3 is 1. The van der Waals surface area contributed by atoms with Crippen molar-refractivity contribution in [3.05, 3.63) is 23.3 Å². The van der Waals surface area contributed by atoms with Crippen molar-refractivity contribution in [1.29, 1.82) is 0 Å². The van der Waals surface area contributed by atoms with Crippen molar-refractivity contribution in [2.45, 2.75) is 24.6 Å². The largest absolute Gasteiger partial charge is 0.497 e. The molecule has 1 fully saturated rings. The molecule has 0 aliphatic carbocycles. The van der Waals surface area contributed by atoms with Gasteiger partial charge in [0.05, 0.1) is 18.4 Å². The zero-order chi connectivity index (χ0) is 13.6. The molecule has 2 heterocycles. The van der Waals surface area contributed by atoms with Crippen molar-refractivity contribution < 1.29 is 17.9 Å². The lowest BCUT2D eigenvalue weighted by atomic mass is 9.89. The second kappa shape index (κ2) is 4.30. The fourth-order valence-corrected chi connectivity index (χ4v) is 2.98. The molecule has 1 aromatic rings. The summed E-state index contributed by atoms with van der Waals surface area (Å²) in [6.07, 6.45) is -3.54. The van der Waals surface area contributed by atoms with Gasteiger partial charge in [0.25, 0.3) is 0 Å². The molecule has 104 valence electrons. The van der Waals surface area contributed by atoms with Gasteiger partial charge >= 0.3 is 6.18 Å². The number of hydrogen-bond acceptors (Lipinski definition) is 3. The van der Waals surface area contributed by atoms with E-state index in [9.17, 15) is 13.2 Å². The number of hydrogen-bond donors (Lipinski definition) is 2. The van der Waals surface area contributed by atoms with E-state index in [-0.39, 0.29) is 23.4 Å². The first kappa shape index (κ1) is 12.6. The molecule has 0 saturated carbocycles. The summed E-state index contributed by atoms with van der Waals surface area (Å²) in [6.45, 7) is 1.54. The first-order valence-corrected chi connectivity index (χ1v) is 6.27. The maximum absolute atomic E-state index is 13.1. The molecule has 19 heavy (non-hydrogen) atoms. The second-order valence-electron chi connectivity index (χ2n) is 4.99. The number of piperidine rings is 1. The van der Waals surface area contributed by atoms with E-state index in [1.54, 1.807) is 6.07 Å². The van der Waals surface area contributed by atoms with E-state index in [4.69, 9.17) is 4.74 Å². The van der Waals surface area contributed by atoms with Gasteiger partial charge in [0.2, 0.25) is 0 Å². The highest BCUT2D eigenvalue weighted by Crippen LogP contribution is 2.47. The SMILES string of the molecule is COc1cc2c(c(C(F)(F)F)c1)NC1CCNCC21. The van der Waals surface area contributed by atoms with Gasteiger partial charge < -0.3 is 15.4 Å². The Kier molecular flexibility index (Phi) is 2.85. The maximum atomic E-state index is 13.1. The van der Waals surface area contributed by atoms with Crippen LogP contribution in [0.3, 0.4) is 0 Å². The van der Waals surface area contributed by atoms with E-state index in [1.165, 1.54) is 7.11 Å². The summed E-state index contributed by atoms with van der Waals surface area (Å²) in [5.41, 5.74) is 0.312. The van der Waals surface area contributed by atoms with Crippen molar-refractivity contribution in [3.8, 4) is 5.75 Å². The van der Waals surface area contributed by atoms with Gasteiger partial charge in [-0.1, -0.05) is 0 Å². The first-order valence-electron chi connectivity index (χ1n) is 6.27. The van der Waals surface area contributed by atoms with Crippen LogP contribution in [0, 0.1) is 0 Å². The number of anilines is 1. The van der Waals surface area contributed by atoms with Crippen molar-refractivity contribution in [2.24, 2.45) is 0 Å². The summed E-state index contributed by atoms with van der Waals surface area (Å²) in [7, 11) is 1.39. The van der Waals surface area contributed by atoms with Gasteiger partial charge in [-0.3, -0.25) is 0 Å². The topological polar surface area (TPSA) is 33.3 Å². The van der Waals surface area contributed by atoms with Crippen LogP contribution in [0.5, 0.6) is 5.75 Å². The lowest BCUT2D eigenvalue weighted by Gasteiger charge is -2.26. The predicted octanol–water partition coefficient (Wildman–Crippen LogP) is 2.58. The number of nitrogens with one attached hydrogen (secondary N) is 2. The van der Waals surface area contributed by atoms with Gasteiger partial charge in [-0.25, -0.2) is 0 Å². The van der Waals surface area contributed by atoms with E-state index in [0.717, 1.165) is 19.0 Å². The highest BCUT2D eigenvalue weighted by atomic mass is 19.4. The summed E-state index contributed by atoms with van der Waals surface area (Å²) < 4.78 is 44.4. The normalized spacial score (nSPS) is 25.5. The van der Waals surface area contributed by atoms with E-state index < -0.39 is 11.7 Å². The average molecular weight is 272 g/mol. The third-order valence-corrected chi connectivity index (χ3v) is 3.89. The van der Waals surface area contributed by atoms with Crippen LogP contribution < -0.4 is 15.4 Å². The molecule has 1 saturated heterocycles. The fourth-order valence-electron chi connectivity index (χ4n) is 2.98. The molecule has 3 rings (SSSR count). The van der Waals surface area contributed by atoms with Gasteiger partial charge in [-0.2, -0.15) is 13.2 Å². The van der Waals surface area contributed by atoms with Gasteiger partial charge in [-0.05, 0) is 30.7 Å². The van der Waals surface area contributed by atoms with Crippen LogP contribution in [0.25, 0.3) is 0 Å². The zero-order valence-electron chi connectivity index (χ0n) is 10.5. The van der Waals surface area contributed by atoms with Gasteiger partial charge in [-0.15, -0.1) is 0 Å². The van der Waals surface area contributed by atoms with Crippen molar-refractivity contribution in [2.75, 3.05) is 25.5 Å². The summed E-state index contributed by atoms with van der Waals surface area (Å²) >= 11 is 0. The monoisotopic (exact) mass is 272 g/mol. The van der Waals surface area contributed by atoms with Crippen molar-refractivity contribution >= 4 is 5.69 Å². The molecule has 1 aromatic carbocycles. The number of benzene rings is 1. The average Bonchev–Trinajstić information content (AvgIpc) is 2.74. The Balaban J connectivity index is 2.12. The number of ether oxygens (including phenoxy) is 1. The molecule has 3 nitrogen and oxygen atoms in total. The van der Waals surface area contributed by atoms with E-state index in [1.807, 2.05) is 0 Å². The Hall–Kier alpha value is -1.43. The lowest BCUT2D eigenvalue weighted by molar-refractivity contribution is -0.137. The molecule has 2 N–H and O–H groups in total. The van der Waals surface area contributed by atoms with E-state index >= 15 is 0 Å². The third-order valence-electron chi connectivity index (χ3n) is 3.89.